The summed E-state index contributed by atoms with van der Waals surface area (Å²) < 4.78 is 0.769. The molecule has 1 aliphatic heterocycles. The fraction of sp³-hybridized carbons (Fsp3) is 0.333. The van der Waals surface area contributed by atoms with Gasteiger partial charge in [-0.1, -0.05) is 18.2 Å². The zero-order valence-electron chi connectivity index (χ0n) is 13.5. The molecule has 124 valence electrons. The minimum atomic E-state index is 0.00122. The van der Waals surface area contributed by atoms with Crippen molar-refractivity contribution in [3.8, 4) is 0 Å². The first-order chi connectivity index (χ1) is 11.6. The molecule has 1 saturated heterocycles. The first-order valence-electron chi connectivity index (χ1n) is 8.21. The van der Waals surface area contributed by atoms with Crippen LogP contribution in [0.15, 0.2) is 34.8 Å². The van der Waals surface area contributed by atoms with Crippen molar-refractivity contribution in [2.24, 2.45) is 0 Å². The molecule has 2 aromatic heterocycles. The van der Waals surface area contributed by atoms with E-state index in [9.17, 15) is 4.79 Å². The van der Waals surface area contributed by atoms with E-state index in [1.165, 1.54) is 16.6 Å². The largest absolute Gasteiger partial charge is 0.358 e. The number of rotatable bonds is 2. The lowest BCUT2D eigenvalue weighted by molar-refractivity contribution is 0.0705. The number of carbonyl (C=O) groups excluding carboxylic acids is 1. The molecule has 1 amide bonds. The zero-order chi connectivity index (χ0) is 16.7. The Kier molecular flexibility index (Phi) is 3.92. The van der Waals surface area contributed by atoms with E-state index in [1.54, 1.807) is 0 Å². The number of hydrogen-bond acceptors (Lipinski definition) is 2. The molecule has 1 fully saturated rings. The van der Waals surface area contributed by atoms with Gasteiger partial charge in [0.15, 0.2) is 5.69 Å². The van der Waals surface area contributed by atoms with Crippen LogP contribution in [0, 0.1) is 6.92 Å². The van der Waals surface area contributed by atoms with Gasteiger partial charge in [0, 0.05) is 35.9 Å². The van der Waals surface area contributed by atoms with Crippen molar-refractivity contribution in [3.05, 3.63) is 51.9 Å². The molecular formula is C18H19BrN4O. The number of likely N-dealkylation sites (tertiary alicyclic amines) is 1. The lowest BCUT2D eigenvalue weighted by Gasteiger charge is -2.31. The van der Waals surface area contributed by atoms with Gasteiger partial charge in [-0.3, -0.25) is 9.89 Å². The smallest absolute Gasteiger partial charge is 0.275 e. The second-order valence-electron chi connectivity index (χ2n) is 6.39. The van der Waals surface area contributed by atoms with Crippen LogP contribution in [-0.4, -0.2) is 39.1 Å². The van der Waals surface area contributed by atoms with E-state index in [2.05, 4.69) is 55.4 Å². The molecule has 6 heteroatoms. The number of aromatic amines is 2. The number of carbonyl (C=O) groups is 1. The quantitative estimate of drug-likeness (QED) is 0.699. The Morgan fingerprint density at radius 1 is 1.29 bits per heavy atom. The number of hydrogen-bond donors (Lipinski definition) is 2. The van der Waals surface area contributed by atoms with Crippen molar-refractivity contribution in [1.29, 1.82) is 0 Å². The van der Waals surface area contributed by atoms with Gasteiger partial charge in [-0.05, 0) is 53.2 Å². The van der Waals surface area contributed by atoms with Crippen LogP contribution in [0.2, 0.25) is 0 Å². The molecule has 0 aliphatic carbocycles. The van der Waals surface area contributed by atoms with Crippen molar-refractivity contribution >= 4 is 32.7 Å². The predicted molar refractivity (Wildman–Crippen MR) is 97.2 cm³/mol. The lowest BCUT2D eigenvalue weighted by atomic mass is 9.93. The Morgan fingerprint density at radius 3 is 2.71 bits per heavy atom. The monoisotopic (exact) mass is 386 g/mol. The Morgan fingerprint density at radius 2 is 2.04 bits per heavy atom. The van der Waals surface area contributed by atoms with E-state index in [-0.39, 0.29) is 5.91 Å². The third kappa shape index (κ3) is 2.65. The summed E-state index contributed by atoms with van der Waals surface area (Å²) in [7, 11) is 0. The molecule has 0 bridgehead atoms. The van der Waals surface area contributed by atoms with E-state index in [4.69, 9.17) is 0 Å². The van der Waals surface area contributed by atoms with Gasteiger partial charge >= 0.3 is 0 Å². The Balaban J connectivity index is 1.46. The average Bonchev–Trinajstić information content (AvgIpc) is 3.19. The third-order valence-corrected chi connectivity index (χ3v) is 5.82. The van der Waals surface area contributed by atoms with E-state index in [1.807, 2.05) is 17.9 Å². The maximum absolute atomic E-state index is 12.6. The SMILES string of the molecule is Cc1[nH]nc(C(=O)N2CCC(c3cc4ccccc4[nH]3)CC2)c1Br. The maximum Gasteiger partial charge on any atom is 0.275 e. The second kappa shape index (κ2) is 6.09. The molecule has 5 nitrogen and oxygen atoms in total. The molecule has 0 saturated carbocycles. The van der Waals surface area contributed by atoms with Crippen molar-refractivity contribution in [1.82, 2.24) is 20.1 Å². The summed E-state index contributed by atoms with van der Waals surface area (Å²) in [5.74, 6) is 0.479. The number of H-pyrrole nitrogens is 2. The number of para-hydroxylation sites is 1. The van der Waals surface area contributed by atoms with Gasteiger partial charge in [-0.2, -0.15) is 5.10 Å². The number of nitrogens with zero attached hydrogens (tertiary/aromatic N) is 2. The van der Waals surface area contributed by atoms with Crippen LogP contribution in [0.4, 0.5) is 0 Å². The minimum Gasteiger partial charge on any atom is -0.358 e. The fourth-order valence-corrected chi connectivity index (χ4v) is 3.76. The highest BCUT2D eigenvalue weighted by atomic mass is 79.9. The van der Waals surface area contributed by atoms with Crippen LogP contribution in [0.1, 0.15) is 40.6 Å². The number of aryl methyl sites for hydroxylation is 1. The van der Waals surface area contributed by atoms with E-state index in [0.29, 0.717) is 11.6 Å². The number of piperidine rings is 1. The fourth-order valence-electron chi connectivity index (χ4n) is 3.42. The van der Waals surface area contributed by atoms with Crippen molar-refractivity contribution < 1.29 is 4.79 Å². The van der Waals surface area contributed by atoms with Crippen LogP contribution in [-0.2, 0) is 0 Å². The lowest BCUT2D eigenvalue weighted by Crippen LogP contribution is -2.38. The number of benzene rings is 1. The van der Waals surface area contributed by atoms with Crippen LogP contribution in [0.5, 0.6) is 0 Å². The number of halogens is 1. The van der Waals surface area contributed by atoms with Crippen LogP contribution in [0.25, 0.3) is 10.9 Å². The Hall–Kier alpha value is -2.08. The highest BCUT2D eigenvalue weighted by molar-refractivity contribution is 9.10. The molecule has 0 unspecified atom stereocenters. The molecule has 3 aromatic rings. The van der Waals surface area contributed by atoms with Gasteiger partial charge in [0.2, 0.25) is 0 Å². The summed E-state index contributed by atoms with van der Waals surface area (Å²) in [6, 6.07) is 10.6. The predicted octanol–water partition coefficient (Wildman–Crippen LogP) is 3.98. The molecule has 1 aliphatic rings. The number of amides is 1. The highest BCUT2D eigenvalue weighted by Crippen LogP contribution is 2.31. The number of fused-ring (bicyclic) bond motifs is 1. The van der Waals surface area contributed by atoms with Gasteiger partial charge < -0.3 is 9.88 Å². The van der Waals surface area contributed by atoms with E-state index in [0.717, 1.165) is 36.1 Å². The molecule has 2 N–H and O–H groups in total. The molecule has 24 heavy (non-hydrogen) atoms. The highest BCUT2D eigenvalue weighted by Gasteiger charge is 2.28. The van der Waals surface area contributed by atoms with Gasteiger partial charge in [0.1, 0.15) is 0 Å². The summed E-state index contributed by atoms with van der Waals surface area (Å²) in [4.78, 5) is 18.1. The maximum atomic E-state index is 12.6. The number of nitrogens with one attached hydrogen (secondary N) is 2. The second-order valence-corrected chi connectivity index (χ2v) is 7.18. The van der Waals surface area contributed by atoms with Gasteiger partial charge in [-0.25, -0.2) is 0 Å². The minimum absolute atomic E-state index is 0.00122. The topological polar surface area (TPSA) is 64.8 Å². The zero-order valence-corrected chi connectivity index (χ0v) is 15.1. The standard InChI is InChI=1S/C18H19BrN4O/c1-11-16(19)17(22-21-11)18(24)23-8-6-12(7-9-23)15-10-13-4-2-3-5-14(13)20-15/h2-5,10,12,20H,6-9H2,1H3,(H,21,22). The molecule has 0 atom stereocenters. The molecule has 4 rings (SSSR count). The van der Waals surface area contributed by atoms with E-state index < -0.39 is 0 Å². The van der Waals surface area contributed by atoms with Crippen molar-refractivity contribution in [3.63, 3.8) is 0 Å². The van der Waals surface area contributed by atoms with Gasteiger partial charge in [0.25, 0.3) is 5.91 Å². The average molecular weight is 387 g/mol. The summed E-state index contributed by atoms with van der Waals surface area (Å²) >= 11 is 3.44. The van der Waals surface area contributed by atoms with Gasteiger partial charge in [-0.15, -0.1) is 0 Å². The summed E-state index contributed by atoms with van der Waals surface area (Å²) in [6.07, 6.45) is 1.94. The Labute approximate surface area is 148 Å². The Bertz CT molecular complexity index is 856. The summed E-state index contributed by atoms with van der Waals surface area (Å²) in [5, 5.41) is 8.24. The molecule has 3 heterocycles. The van der Waals surface area contributed by atoms with Crippen LogP contribution >= 0.6 is 15.9 Å². The van der Waals surface area contributed by atoms with Crippen molar-refractivity contribution in [2.75, 3.05) is 13.1 Å². The van der Waals surface area contributed by atoms with Crippen LogP contribution in [0.3, 0.4) is 0 Å². The first kappa shape index (κ1) is 15.4. The van der Waals surface area contributed by atoms with Crippen molar-refractivity contribution in [2.45, 2.75) is 25.7 Å². The van der Waals surface area contributed by atoms with Crippen LogP contribution < -0.4 is 0 Å². The summed E-state index contributed by atoms with van der Waals surface area (Å²) in [5.41, 5.74) is 3.82. The third-order valence-electron chi connectivity index (χ3n) is 4.85. The molecule has 0 spiro atoms. The van der Waals surface area contributed by atoms with E-state index >= 15 is 0 Å². The molecular weight excluding hydrogens is 368 g/mol. The van der Waals surface area contributed by atoms with Gasteiger partial charge in [0.05, 0.1) is 4.47 Å². The normalized spacial score (nSPS) is 16.0. The molecule has 0 radical (unpaired) electrons. The molecule has 1 aromatic carbocycles. The first-order valence-corrected chi connectivity index (χ1v) is 9.00. The summed E-state index contributed by atoms with van der Waals surface area (Å²) in [6.45, 7) is 3.42. The number of aromatic nitrogens is 3.